The van der Waals surface area contributed by atoms with Crippen molar-refractivity contribution in [3.8, 4) is 39.9 Å². The number of aromatic nitrogens is 4. The standard InChI is InChI=1S/C44H46N4O2/c1-8-12-41-44(31-17-15-30(7)16-18-31)39(9-2)46-48(41)33-23-32(28(3)4)24-36(25-33)50-34-19-20-38-37-13-10-11-14-40(37)47(42(38)26-34)43-27-35(21-22-45-43)49-29(5)6/h10-11,13-29H,8-9,12H2,1-7H3. The molecule has 0 unspecified atom stereocenters. The number of aryl methyl sites for hydroxylation is 2. The first-order chi connectivity index (χ1) is 24.2. The molecule has 0 aliphatic carbocycles. The first-order valence-electron chi connectivity index (χ1n) is 17.9. The lowest BCUT2D eigenvalue weighted by molar-refractivity contribution is 0.242. The van der Waals surface area contributed by atoms with Crippen LogP contribution in [-0.2, 0) is 12.8 Å². The van der Waals surface area contributed by atoms with Crippen molar-refractivity contribution >= 4 is 21.8 Å². The molecule has 3 heterocycles. The molecule has 0 saturated carbocycles. The summed E-state index contributed by atoms with van der Waals surface area (Å²) in [6.45, 7) is 15.1. The smallest absolute Gasteiger partial charge is 0.141 e. The fourth-order valence-electron chi connectivity index (χ4n) is 6.87. The molecule has 0 N–H and O–H groups in total. The molecule has 0 fully saturated rings. The zero-order valence-corrected chi connectivity index (χ0v) is 30.2. The van der Waals surface area contributed by atoms with Gasteiger partial charge in [0.15, 0.2) is 0 Å². The normalized spacial score (nSPS) is 11.7. The van der Waals surface area contributed by atoms with Gasteiger partial charge < -0.3 is 9.47 Å². The van der Waals surface area contributed by atoms with Crippen LogP contribution in [0, 0.1) is 6.92 Å². The summed E-state index contributed by atoms with van der Waals surface area (Å²) in [6, 6.07) is 34.1. The van der Waals surface area contributed by atoms with Gasteiger partial charge in [-0.15, -0.1) is 0 Å². The first-order valence-corrected chi connectivity index (χ1v) is 17.9. The molecule has 0 aliphatic rings. The van der Waals surface area contributed by atoms with Crippen molar-refractivity contribution in [2.75, 3.05) is 0 Å². The maximum Gasteiger partial charge on any atom is 0.141 e. The third-order valence-corrected chi connectivity index (χ3v) is 9.24. The molecule has 254 valence electrons. The Morgan fingerprint density at radius 3 is 2.26 bits per heavy atom. The molecular weight excluding hydrogens is 617 g/mol. The average Bonchev–Trinajstić information content (AvgIpc) is 3.64. The Kier molecular flexibility index (Phi) is 9.20. The largest absolute Gasteiger partial charge is 0.491 e. The van der Waals surface area contributed by atoms with E-state index in [1.54, 1.807) is 0 Å². The summed E-state index contributed by atoms with van der Waals surface area (Å²) >= 11 is 0. The minimum atomic E-state index is 0.0671. The van der Waals surface area contributed by atoms with Crippen LogP contribution in [0.1, 0.15) is 76.4 Å². The molecule has 0 aliphatic heterocycles. The van der Waals surface area contributed by atoms with Gasteiger partial charge in [0.05, 0.1) is 34.2 Å². The van der Waals surface area contributed by atoms with E-state index in [1.807, 2.05) is 32.2 Å². The maximum atomic E-state index is 6.76. The molecule has 0 amide bonds. The van der Waals surface area contributed by atoms with E-state index in [1.165, 1.54) is 27.9 Å². The van der Waals surface area contributed by atoms with Gasteiger partial charge in [-0.25, -0.2) is 9.67 Å². The van der Waals surface area contributed by atoms with Crippen LogP contribution < -0.4 is 9.47 Å². The number of hydrogen-bond acceptors (Lipinski definition) is 4. The van der Waals surface area contributed by atoms with Crippen LogP contribution in [0.2, 0.25) is 0 Å². The minimum Gasteiger partial charge on any atom is -0.491 e. The van der Waals surface area contributed by atoms with E-state index in [-0.39, 0.29) is 6.10 Å². The monoisotopic (exact) mass is 662 g/mol. The Morgan fingerprint density at radius 1 is 0.740 bits per heavy atom. The van der Waals surface area contributed by atoms with Gasteiger partial charge in [-0.05, 0) is 87.1 Å². The number of rotatable bonds is 11. The third-order valence-electron chi connectivity index (χ3n) is 9.24. The summed E-state index contributed by atoms with van der Waals surface area (Å²) in [5.41, 5.74) is 10.4. The molecule has 7 aromatic rings. The minimum absolute atomic E-state index is 0.0671. The highest BCUT2D eigenvalue weighted by Crippen LogP contribution is 2.38. The van der Waals surface area contributed by atoms with Gasteiger partial charge in [0.2, 0.25) is 0 Å². The molecule has 0 radical (unpaired) electrons. The number of fused-ring (bicyclic) bond motifs is 3. The van der Waals surface area contributed by atoms with Crippen LogP contribution in [0.4, 0.5) is 0 Å². The van der Waals surface area contributed by atoms with E-state index < -0.39 is 0 Å². The molecule has 6 nitrogen and oxygen atoms in total. The highest BCUT2D eigenvalue weighted by atomic mass is 16.5. The topological polar surface area (TPSA) is 54.1 Å². The van der Waals surface area contributed by atoms with Gasteiger partial charge in [-0.2, -0.15) is 5.10 Å². The number of ether oxygens (including phenoxy) is 2. The second kappa shape index (κ2) is 13.9. The lowest BCUT2D eigenvalue weighted by atomic mass is 9.98. The van der Waals surface area contributed by atoms with Crippen molar-refractivity contribution in [2.45, 2.75) is 79.8 Å². The number of pyridine rings is 1. The average molecular weight is 663 g/mol. The van der Waals surface area contributed by atoms with E-state index in [4.69, 9.17) is 19.6 Å². The molecule has 0 atom stereocenters. The van der Waals surface area contributed by atoms with Crippen molar-refractivity contribution in [3.05, 3.63) is 126 Å². The van der Waals surface area contributed by atoms with E-state index in [2.05, 4.69) is 129 Å². The van der Waals surface area contributed by atoms with Gasteiger partial charge >= 0.3 is 0 Å². The van der Waals surface area contributed by atoms with Crippen LogP contribution in [0.5, 0.6) is 17.2 Å². The second-order valence-corrected chi connectivity index (χ2v) is 13.7. The van der Waals surface area contributed by atoms with Gasteiger partial charge in [-0.3, -0.25) is 4.57 Å². The molecule has 4 aromatic carbocycles. The lowest BCUT2D eigenvalue weighted by Gasteiger charge is -2.16. The van der Waals surface area contributed by atoms with E-state index >= 15 is 0 Å². The van der Waals surface area contributed by atoms with E-state index in [9.17, 15) is 0 Å². The summed E-state index contributed by atoms with van der Waals surface area (Å²) in [5, 5.41) is 7.54. The third kappa shape index (κ3) is 6.38. The Morgan fingerprint density at radius 2 is 1.52 bits per heavy atom. The van der Waals surface area contributed by atoms with Crippen LogP contribution in [0.25, 0.3) is 44.4 Å². The second-order valence-electron chi connectivity index (χ2n) is 13.7. The predicted molar refractivity (Wildman–Crippen MR) is 206 cm³/mol. The number of hydrogen-bond donors (Lipinski definition) is 0. The molecule has 3 aromatic heterocycles. The van der Waals surface area contributed by atoms with Gasteiger partial charge in [-0.1, -0.05) is 82.1 Å². The molecule has 50 heavy (non-hydrogen) atoms. The lowest BCUT2D eigenvalue weighted by Crippen LogP contribution is -2.06. The van der Waals surface area contributed by atoms with Gasteiger partial charge in [0, 0.05) is 40.7 Å². The highest BCUT2D eigenvalue weighted by molar-refractivity contribution is 6.09. The maximum absolute atomic E-state index is 6.76. The van der Waals surface area contributed by atoms with Crippen LogP contribution >= 0.6 is 0 Å². The number of nitrogens with zero attached hydrogens (tertiary/aromatic N) is 4. The Hall–Kier alpha value is -5.36. The summed E-state index contributed by atoms with van der Waals surface area (Å²) in [5.74, 6) is 3.44. The van der Waals surface area contributed by atoms with Crippen molar-refractivity contribution < 1.29 is 9.47 Å². The molecular formula is C44H46N4O2. The van der Waals surface area contributed by atoms with Crippen molar-refractivity contribution in [3.63, 3.8) is 0 Å². The fourth-order valence-corrected chi connectivity index (χ4v) is 6.87. The zero-order chi connectivity index (χ0) is 34.9. The molecule has 7 rings (SSSR count). The number of benzene rings is 4. The Balaban J connectivity index is 1.34. The highest BCUT2D eigenvalue weighted by Gasteiger charge is 2.21. The van der Waals surface area contributed by atoms with Crippen molar-refractivity contribution in [1.29, 1.82) is 0 Å². The van der Waals surface area contributed by atoms with Crippen LogP contribution in [0.3, 0.4) is 0 Å². The van der Waals surface area contributed by atoms with Crippen LogP contribution in [0.15, 0.2) is 103 Å². The summed E-state index contributed by atoms with van der Waals surface area (Å²) in [4.78, 5) is 4.78. The molecule has 0 bridgehead atoms. The quantitative estimate of drug-likeness (QED) is 0.138. The fraction of sp³-hybridized carbons (Fsp3) is 0.273. The summed E-state index contributed by atoms with van der Waals surface area (Å²) in [7, 11) is 0. The SMILES string of the molecule is CCCc1c(-c2ccc(C)cc2)c(CC)nn1-c1cc(Oc2ccc3c4ccccc4n(-c4cc(OC(C)C)ccn4)c3c2)cc(C(C)C)c1. The van der Waals surface area contributed by atoms with E-state index in [0.717, 1.165) is 75.5 Å². The van der Waals surface area contributed by atoms with E-state index in [0.29, 0.717) is 5.92 Å². The zero-order valence-electron chi connectivity index (χ0n) is 30.2. The Labute approximate surface area is 295 Å². The van der Waals surface area contributed by atoms with Crippen molar-refractivity contribution in [1.82, 2.24) is 19.3 Å². The Bertz CT molecular complexity index is 2290. The van der Waals surface area contributed by atoms with Gasteiger partial charge in [0.1, 0.15) is 23.1 Å². The molecule has 6 heteroatoms. The summed E-state index contributed by atoms with van der Waals surface area (Å²) in [6.07, 6.45) is 4.68. The van der Waals surface area contributed by atoms with Crippen molar-refractivity contribution in [2.24, 2.45) is 0 Å². The summed E-state index contributed by atoms with van der Waals surface area (Å²) < 4.78 is 17.2. The number of para-hydroxylation sites is 1. The molecule has 0 saturated heterocycles. The van der Waals surface area contributed by atoms with Crippen LogP contribution in [-0.4, -0.2) is 25.4 Å². The first kappa shape index (κ1) is 33.2. The molecule has 0 spiro atoms. The van der Waals surface area contributed by atoms with Gasteiger partial charge in [0.25, 0.3) is 0 Å². The predicted octanol–water partition coefficient (Wildman–Crippen LogP) is 11.6.